The SMILES string of the molecule is COC(=O)CC[C@@H]1N=C(c2ccccn2)c2cc(Br)ccc2-n2c1cnc2C. The molecule has 1 aliphatic heterocycles. The first kappa shape index (κ1) is 18.6. The molecule has 3 aromatic rings. The molecule has 0 spiro atoms. The van der Waals surface area contributed by atoms with Gasteiger partial charge in [0.15, 0.2) is 0 Å². The van der Waals surface area contributed by atoms with E-state index in [0.29, 0.717) is 6.42 Å². The molecule has 142 valence electrons. The zero-order chi connectivity index (χ0) is 19.7. The molecule has 0 bridgehead atoms. The maximum atomic E-state index is 11.8. The first-order valence-corrected chi connectivity index (χ1v) is 9.78. The van der Waals surface area contributed by atoms with Crippen molar-refractivity contribution in [2.24, 2.45) is 4.99 Å². The number of hydrogen-bond acceptors (Lipinski definition) is 5. The van der Waals surface area contributed by atoms with E-state index in [0.717, 1.165) is 38.6 Å². The summed E-state index contributed by atoms with van der Waals surface area (Å²) in [4.78, 5) is 25.8. The third kappa shape index (κ3) is 3.38. The molecule has 7 heteroatoms. The predicted molar refractivity (Wildman–Crippen MR) is 110 cm³/mol. The summed E-state index contributed by atoms with van der Waals surface area (Å²) in [6, 6.07) is 11.7. The van der Waals surface area contributed by atoms with Crippen molar-refractivity contribution in [2.75, 3.05) is 7.11 Å². The second kappa shape index (κ2) is 7.67. The highest BCUT2D eigenvalue weighted by Crippen LogP contribution is 2.35. The highest BCUT2D eigenvalue weighted by atomic mass is 79.9. The molecular formula is C21H19BrN4O2. The molecule has 2 aromatic heterocycles. The Kier molecular flexibility index (Phi) is 5.09. The largest absolute Gasteiger partial charge is 0.469 e. The quantitative estimate of drug-likeness (QED) is 0.572. The maximum absolute atomic E-state index is 11.8. The van der Waals surface area contributed by atoms with Crippen molar-refractivity contribution >= 4 is 27.6 Å². The number of aromatic nitrogens is 3. The van der Waals surface area contributed by atoms with Crippen LogP contribution in [0.1, 0.15) is 41.7 Å². The average Bonchev–Trinajstić information content (AvgIpc) is 3.03. The number of hydrogen-bond donors (Lipinski definition) is 0. The highest BCUT2D eigenvalue weighted by molar-refractivity contribution is 9.10. The molecule has 6 nitrogen and oxygen atoms in total. The number of benzene rings is 1. The van der Waals surface area contributed by atoms with Crippen LogP contribution in [-0.2, 0) is 9.53 Å². The van der Waals surface area contributed by atoms with Gasteiger partial charge >= 0.3 is 5.97 Å². The van der Waals surface area contributed by atoms with E-state index in [1.54, 1.807) is 6.20 Å². The van der Waals surface area contributed by atoms with Gasteiger partial charge in [0.1, 0.15) is 5.82 Å². The second-order valence-electron chi connectivity index (χ2n) is 6.55. The summed E-state index contributed by atoms with van der Waals surface area (Å²) in [7, 11) is 1.40. The van der Waals surface area contributed by atoms with Gasteiger partial charge in [-0.15, -0.1) is 0 Å². The Morgan fingerprint density at radius 2 is 2.11 bits per heavy atom. The van der Waals surface area contributed by atoms with Crippen LogP contribution in [0.5, 0.6) is 0 Å². The summed E-state index contributed by atoms with van der Waals surface area (Å²) in [6.07, 6.45) is 4.42. The zero-order valence-electron chi connectivity index (χ0n) is 15.6. The van der Waals surface area contributed by atoms with Crippen LogP contribution in [-0.4, -0.2) is 33.3 Å². The lowest BCUT2D eigenvalue weighted by Gasteiger charge is -2.14. The van der Waals surface area contributed by atoms with Gasteiger partial charge in [0, 0.05) is 22.7 Å². The van der Waals surface area contributed by atoms with Gasteiger partial charge in [-0.05, 0) is 43.7 Å². The molecule has 1 aliphatic rings. The number of carbonyl (C=O) groups excluding carboxylic acids is 1. The molecule has 1 atom stereocenters. The molecule has 0 saturated carbocycles. The summed E-state index contributed by atoms with van der Waals surface area (Å²) in [5.74, 6) is 0.626. The number of esters is 1. The molecule has 0 unspecified atom stereocenters. The first-order valence-electron chi connectivity index (χ1n) is 8.99. The van der Waals surface area contributed by atoms with Crippen molar-refractivity contribution in [3.8, 4) is 5.69 Å². The summed E-state index contributed by atoms with van der Waals surface area (Å²) >= 11 is 3.58. The molecule has 0 amide bonds. The summed E-state index contributed by atoms with van der Waals surface area (Å²) in [6.45, 7) is 1.97. The molecule has 0 saturated heterocycles. The molecule has 0 N–H and O–H groups in total. The second-order valence-corrected chi connectivity index (χ2v) is 7.47. The zero-order valence-corrected chi connectivity index (χ0v) is 17.2. The number of carbonyl (C=O) groups is 1. The Hall–Kier alpha value is -2.80. The lowest BCUT2D eigenvalue weighted by Crippen LogP contribution is -2.09. The number of halogens is 1. The van der Waals surface area contributed by atoms with Crippen molar-refractivity contribution < 1.29 is 9.53 Å². The van der Waals surface area contributed by atoms with Crippen LogP contribution >= 0.6 is 15.9 Å². The van der Waals surface area contributed by atoms with Gasteiger partial charge in [-0.2, -0.15) is 0 Å². The Bertz CT molecular complexity index is 1060. The summed E-state index contributed by atoms with van der Waals surface area (Å²) in [5.41, 5.74) is 4.52. The standard InChI is InChI=1S/C21H19BrN4O2/c1-13-24-12-19-16(7-9-20(27)28-2)25-21(17-5-3-4-10-23-17)15-11-14(22)6-8-18(15)26(13)19/h3-6,8,10-12,16H,7,9H2,1-2H3/t16-/m0/s1. The molecule has 0 radical (unpaired) electrons. The van der Waals surface area contributed by atoms with Gasteiger partial charge in [-0.25, -0.2) is 4.98 Å². The van der Waals surface area contributed by atoms with E-state index in [9.17, 15) is 4.79 Å². The smallest absolute Gasteiger partial charge is 0.305 e. The van der Waals surface area contributed by atoms with Crippen LogP contribution in [0, 0.1) is 6.92 Å². The predicted octanol–water partition coefficient (Wildman–Crippen LogP) is 4.18. The van der Waals surface area contributed by atoms with Crippen molar-refractivity contribution in [3.63, 3.8) is 0 Å². The molecule has 4 rings (SSSR count). The van der Waals surface area contributed by atoms with Crippen LogP contribution in [0.2, 0.25) is 0 Å². The highest BCUT2D eigenvalue weighted by Gasteiger charge is 2.27. The minimum atomic E-state index is -0.248. The number of aryl methyl sites for hydroxylation is 1. The molecule has 0 fully saturated rings. The lowest BCUT2D eigenvalue weighted by atomic mass is 10.0. The number of aliphatic imine (C=N–C) groups is 1. The average molecular weight is 439 g/mol. The minimum absolute atomic E-state index is 0.233. The van der Waals surface area contributed by atoms with Gasteiger partial charge in [0.05, 0.1) is 42.1 Å². The van der Waals surface area contributed by atoms with Crippen molar-refractivity contribution in [1.29, 1.82) is 0 Å². The Morgan fingerprint density at radius 1 is 1.25 bits per heavy atom. The van der Waals surface area contributed by atoms with Crippen LogP contribution in [0.25, 0.3) is 5.69 Å². The summed E-state index contributed by atoms with van der Waals surface area (Å²) < 4.78 is 7.90. The van der Waals surface area contributed by atoms with Crippen molar-refractivity contribution in [2.45, 2.75) is 25.8 Å². The fourth-order valence-electron chi connectivity index (χ4n) is 3.47. The number of ether oxygens (including phenoxy) is 1. The Labute approximate surface area is 171 Å². The summed E-state index contributed by atoms with van der Waals surface area (Å²) in [5, 5.41) is 0. The minimum Gasteiger partial charge on any atom is -0.469 e. The van der Waals surface area contributed by atoms with E-state index < -0.39 is 0 Å². The molecule has 28 heavy (non-hydrogen) atoms. The van der Waals surface area contributed by atoms with E-state index in [4.69, 9.17) is 9.73 Å². The van der Waals surface area contributed by atoms with Gasteiger partial charge in [0.25, 0.3) is 0 Å². The number of rotatable bonds is 4. The van der Waals surface area contributed by atoms with Crippen LogP contribution in [0.15, 0.2) is 58.3 Å². The molecular weight excluding hydrogens is 420 g/mol. The third-order valence-corrected chi connectivity index (χ3v) is 5.30. The lowest BCUT2D eigenvalue weighted by molar-refractivity contribution is -0.140. The molecule has 1 aromatic carbocycles. The molecule has 0 aliphatic carbocycles. The van der Waals surface area contributed by atoms with E-state index in [-0.39, 0.29) is 18.4 Å². The fourth-order valence-corrected chi connectivity index (χ4v) is 3.83. The van der Waals surface area contributed by atoms with Crippen LogP contribution < -0.4 is 0 Å². The number of imidazole rings is 1. The van der Waals surface area contributed by atoms with E-state index in [2.05, 4.69) is 42.6 Å². The topological polar surface area (TPSA) is 69.4 Å². The third-order valence-electron chi connectivity index (χ3n) is 4.80. The maximum Gasteiger partial charge on any atom is 0.305 e. The Morgan fingerprint density at radius 3 is 2.86 bits per heavy atom. The monoisotopic (exact) mass is 438 g/mol. The number of fused-ring (bicyclic) bond motifs is 3. The number of pyridine rings is 1. The van der Waals surface area contributed by atoms with Crippen molar-refractivity contribution in [1.82, 2.24) is 14.5 Å². The van der Waals surface area contributed by atoms with Gasteiger partial charge in [0.2, 0.25) is 0 Å². The van der Waals surface area contributed by atoms with Gasteiger partial charge in [-0.1, -0.05) is 22.0 Å². The van der Waals surface area contributed by atoms with Crippen LogP contribution in [0.4, 0.5) is 0 Å². The molecule has 3 heterocycles. The van der Waals surface area contributed by atoms with Crippen LogP contribution in [0.3, 0.4) is 0 Å². The first-order chi connectivity index (χ1) is 13.6. The van der Waals surface area contributed by atoms with Gasteiger partial charge in [-0.3, -0.25) is 19.3 Å². The van der Waals surface area contributed by atoms with E-state index in [1.165, 1.54) is 7.11 Å². The van der Waals surface area contributed by atoms with Gasteiger partial charge < -0.3 is 4.74 Å². The number of nitrogens with zero attached hydrogens (tertiary/aromatic N) is 4. The number of methoxy groups -OCH3 is 1. The van der Waals surface area contributed by atoms with Crippen molar-refractivity contribution in [3.05, 3.63) is 76.0 Å². The fraction of sp³-hybridized carbons (Fsp3) is 0.238. The van der Waals surface area contributed by atoms with E-state index in [1.807, 2.05) is 37.4 Å². The van der Waals surface area contributed by atoms with E-state index >= 15 is 0 Å². The Balaban J connectivity index is 1.93. The normalized spacial score (nSPS) is 15.2.